The van der Waals surface area contributed by atoms with E-state index in [0.717, 1.165) is 4.47 Å². The van der Waals surface area contributed by atoms with Crippen LogP contribution in [-0.2, 0) is 0 Å². The zero-order chi connectivity index (χ0) is 11.7. The van der Waals surface area contributed by atoms with Crippen molar-refractivity contribution in [3.8, 4) is 11.5 Å². The predicted molar refractivity (Wildman–Crippen MR) is 65.0 cm³/mol. The molecule has 0 radical (unpaired) electrons. The lowest BCUT2D eigenvalue weighted by Crippen LogP contribution is -2.04. The van der Waals surface area contributed by atoms with E-state index in [9.17, 15) is 0 Å². The Morgan fingerprint density at radius 2 is 2.19 bits per heavy atom. The second kappa shape index (κ2) is 4.53. The molecule has 6 heteroatoms. The van der Waals surface area contributed by atoms with Crippen molar-refractivity contribution in [1.82, 2.24) is 10.2 Å². The van der Waals surface area contributed by atoms with Gasteiger partial charge in [-0.1, -0.05) is 27.5 Å². The molecule has 2 rings (SSSR count). The van der Waals surface area contributed by atoms with Crippen LogP contribution in [0.3, 0.4) is 0 Å². The van der Waals surface area contributed by atoms with Crippen molar-refractivity contribution in [3.63, 3.8) is 0 Å². The van der Waals surface area contributed by atoms with Crippen molar-refractivity contribution in [2.24, 2.45) is 5.73 Å². The van der Waals surface area contributed by atoms with Gasteiger partial charge >= 0.3 is 0 Å². The van der Waals surface area contributed by atoms with Gasteiger partial charge in [0.15, 0.2) is 0 Å². The smallest absolute Gasteiger partial charge is 0.249 e. The maximum Gasteiger partial charge on any atom is 0.249 e. The molecule has 0 bridgehead atoms. The zero-order valence-electron chi connectivity index (χ0n) is 8.45. The lowest BCUT2D eigenvalue weighted by atomic mass is 10.2. The first-order valence-corrected chi connectivity index (χ1v) is 5.79. The molecular formula is C10H9BrClN3O. The first-order valence-electron chi connectivity index (χ1n) is 4.62. The number of aromatic nitrogens is 2. The third kappa shape index (κ3) is 2.26. The summed E-state index contributed by atoms with van der Waals surface area (Å²) in [6, 6.07) is 5.16. The van der Waals surface area contributed by atoms with Gasteiger partial charge in [0.1, 0.15) is 0 Å². The maximum atomic E-state index is 6.06. The molecule has 1 aromatic carbocycles. The molecule has 16 heavy (non-hydrogen) atoms. The highest BCUT2D eigenvalue weighted by Gasteiger charge is 2.14. The highest BCUT2D eigenvalue weighted by atomic mass is 79.9. The van der Waals surface area contributed by atoms with Crippen LogP contribution in [0.4, 0.5) is 0 Å². The average molecular weight is 303 g/mol. The van der Waals surface area contributed by atoms with Gasteiger partial charge in [-0.2, -0.15) is 0 Å². The van der Waals surface area contributed by atoms with Gasteiger partial charge in [0.2, 0.25) is 11.8 Å². The molecular weight excluding hydrogens is 293 g/mol. The van der Waals surface area contributed by atoms with Crippen LogP contribution >= 0.6 is 27.5 Å². The first-order chi connectivity index (χ1) is 7.58. The van der Waals surface area contributed by atoms with Crippen LogP contribution in [0.2, 0.25) is 5.02 Å². The zero-order valence-corrected chi connectivity index (χ0v) is 10.8. The summed E-state index contributed by atoms with van der Waals surface area (Å²) < 4.78 is 6.30. The molecule has 0 amide bonds. The first kappa shape index (κ1) is 11.6. The molecule has 0 aliphatic rings. The Bertz CT molecular complexity index is 513. The Kier molecular flexibility index (Phi) is 3.28. The average Bonchev–Trinajstić information content (AvgIpc) is 2.66. The molecule has 84 valence electrons. The van der Waals surface area contributed by atoms with E-state index in [1.807, 2.05) is 12.1 Å². The minimum absolute atomic E-state index is 0.282. The van der Waals surface area contributed by atoms with Gasteiger partial charge in [0.25, 0.3) is 0 Å². The summed E-state index contributed by atoms with van der Waals surface area (Å²) in [4.78, 5) is 0. The fourth-order valence-electron chi connectivity index (χ4n) is 1.19. The molecule has 4 nitrogen and oxygen atoms in total. The van der Waals surface area contributed by atoms with Crippen molar-refractivity contribution in [2.45, 2.75) is 13.0 Å². The van der Waals surface area contributed by atoms with Gasteiger partial charge < -0.3 is 10.2 Å². The number of halogens is 2. The summed E-state index contributed by atoms with van der Waals surface area (Å²) in [7, 11) is 0. The molecule has 2 N–H and O–H groups in total. The Balaban J connectivity index is 2.42. The molecule has 0 aliphatic carbocycles. The highest BCUT2D eigenvalue weighted by molar-refractivity contribution is 9.10. The number of hydrogen-bond acceptors (Lipinski definition) is 4. The summed E-state index contributed by atoms with van der Waals surface area (Å²) in [6.07, 6.45) is 0. The van der Waals surface area contributed by atoms with E-state index >= 15 is 0 Å². The molecule has 1 atom stereocenters. The second-order valence-corrected chi connectivity index (χ2v) is 4.68. The lowest BCUT2D eigenvalue weighted by Gasteiger charge is -1.99. The van der Waals surface area contributed by atoms with Crippen LogP contribution in [0.5, 0.6) is 0 Å². The fourth-order valence-corrected chi connectivity index (χ4v) is 1.94. The number of nitrogens with two attached hydrogens (primary N) is 1. The standard InChI is InChI=1S/C10H9BrClN3O/c1-5(13)9-14-15-10(16-9)7-3-2-6(11)4-8(7)12/h2-5H,13H2,1H3. The van der Waals surface area contributed by atoms with Gasteiger partial charge in [0.05, 0.1) is 16.6 Å². The van der Waals surface area contributed by atoms with E-state index < -0.39 is 0 Å². The maximum absolute atomic E-state index is 6.06. The van der Waals surface area contributed by atoms with Crippen molar-refractivity contribution in [1.29, 1.82) is 0 Å². The monoisotopic (exact) mass is 301 g/mol. The van der Waals surface area contributed by atoms with E-state index in [4.69, 9.17) is 21.8 Å². The summed E-state index contributed by atoms with van der Waals surface area (Å²) >= 11 is 9.39. The minimum atomic E-state index is -0.282. The molecule has 1 heterocycles. The summed E-state index contributed by atoms with van der Waals surface area (Å²) in [5.74, 6) is 0.777. The van der Waals surface area contributed by atoms with Crippen molar-refractivity contribution >= 4 is 27.5 Å². The van der Waals surface area contributed by atoms with Crippen LogP contribution in [0.25, 0.3) is 11.5 Å². The van der Waals surface area contributed by atoms with Crippen molar-refractivity contribution < 1.29 is 4.42 Å². The van der Waals surface area contributed by atoms with E-state index in [1.54, 1.807) is 13.0 Å². The molecule has 2 aromatic rings. The molecule has 0 fully saturated rings. The van der Waals surface area contributed by atoms with Crippen molar-refractivity contribution in [3.05, 3.63) is 33.6 Å². The molecule has 0 saturated carbocycles. The quantitative estimate of drug-likeness (QED) is 0.925. The van der Waals surface area contributed by atoms with Crippen LogP contribution in [-0.4, -0.2) is 10.2 Å². The van der Waals surface area contributed by atoms with Gasteiger partial charge in [0, 0.05) is 4.47 Å². The summed E-state index contributed by atoms with van der Waals surface area (Å²) in [5, 5.41) is 8.30. The molecule has 1 unspecified atom stereocenters. The Labute approximate surface area is 106 Å². The lowest BCUT2D eigenvalue weighted by molar-refractivity contribution is 0.473. The van der Waals surface area contributed by atoms with E-state index in [-0.39, 0.29) is 6.04 Å². The molecule has 0 spiro atoms. The Morgan fingerprint density at radius 1 is 1.44 bits per heavy atom. The normalized spacial score (nSPS) is 12.8. The van der Waals surface area contributed by atoms with Gasteiger partial charge in [-0.25, -0.2) is 0 Å². The molecule has 1 aromatic heterocycles. The Hall–Kier alpha value is -0.910. The SMILES string of the molecule is CC(N)c1nnc(-c2ccc(Br)cc2Cl)o1. The van der Waals surface area contributed by atoms with Gasteiger partial charge in [-0.15, -0.1) is 10.2 Å². The van der Waals surface area contributed by atoms with E-state index in [1.165, 1.54) is 0 Å². The van der Waals surface area contributed by atoms with E-state index in [0.29, 0.717) is 22.4 Å². The van der Waals surface area contributed by atoms with Crippen LogP contribution < -0.4 is 5.73 Å². The summed E-state index contributed by atoms with van der Waals surface area (Å²) in [6.45, 7) is 1.78. The summed E-state index contributed by atoms with van der Waals surface area (Å²) in [5.41, 5.74) is 6.33. The van der Waals surface area contributed by atoms with Crippen LogP contribution in [0.1, 0.15) is 18.9 Å². The van der Waals surface area contributed by atoms with Crippen molar-refractivity contribution in [2.75, 3.05) is 0 Å². The van der Waals surface area contributed by atoms with Crippen LogP contribution in [0, 0.1) is 0 Å². The van der Waals surface area contributed by atoms with Crippen LogP contribution in [0.15, 0.2) is 27.1 Å². The molecule has 0 saturated heterocycles. The molecule has 0 aliphatic heterocycles. The van der Waals surface area contributed by atoms with Gasteiger partial charge in [-0.3, -0.25) is 0 Å². The largest absolute Gasteiger partial charge is 0.419 e. The third-order valence-corrected chi connectivity index (χ3v) is 2.80. The number of hydrogen-bond donors (Lipinski definition) is 1. The fraction of sp³-hybridized carbons (Fsp3) is 0.200. The third-order valence-electron chi connectivity index (χ3n) is 1.99. The Morgan fingerprint density at radius 3 is 2.75 bits per heavy atom. The number of benzene rings is 1. The minimum Gasteiger partial charge on any atom is -0.419 e. The van der Waals surface area contributed by atoms with E-state index in [2.05, 4.69) is 26.1 Å². The number of nitrogens with zero attached hydrogens (tertiary/aromatic N) is 2. The predicted octanol–water partition coefficient (Wildman–Crippen LogP) is 3.17. The number of rotatable bonds is 2. The highest BCUT2D eigenvalue weighted by Crippen LogP contribution is 2.29. The second-order valence-electron chi connectivity index (χ2n) is 3.36. The van der Waals surface area contributed by atoms with Gasteiger partial charge in [-0.05, 0) is 25.1 Å². The topological polar surface area (TPSA) is 64.9 Å².